The van der Waals surface area contributed by atoms with Crippen LogP contribution in [0.15, 0.2) is 11.3 Å². The van der Waals surface area contributed by atoms with Crippen LogP contribution < -0.4 is 0 Å². The number of aliphatic hydroxyl groups excluding tert-OH is 1. The Balaban J connectivity index is 5.08. The van der Waals surface area contributed by atoms with E-state index >= 15 is 0 Å². The summed E-state index contributed by atoms with van der Waals surface area (Å²) in [6.45, 7) is 1.17. The molecule has 0 saturated carbocycles. The van der Waals surface area contributed by atoms with E-state index in [2.05, 4.69) is 9.47 Å². The van der Waals surface area contributed by atoms with Gasteiger partial charge in [0.2, 0.25) is 0 Å². The Morgan fingerprint density at radius 1 is 1.14 bits per heavy atom. The maximum absolute atomic E-state index is 11.0. The Morgan fingerprint density at radius 3 is 1.86 bits per heavy atom. The molecule has 78 valence electrons. The summed E-state index contributed by atoms with van der Waals surface area (Å²) in [5.74, 6) is -2.44. The van der Waals surface area contributed by atoms with Gasteiger partial charge in [-0.2, -0.15) is 0 Å². The smallest absolute Gasteiger partial charge is 0.356 e. The van der Waals surface area contributed by atoms with Crippen molar-refractivity contribution in [3.63, 3.8) is 0 Å². The number of carbonyl (C=O) groups excluding carboxylic acids is 2. The largest absolute Gasteiger partial charge is 0.512 e. The van der Waals surface area contributed by atoms with Crippen molar-refractivity contribution in [3.8, 4) is 0 Å². The summed E-state index contributed by atoms with van der Waals surface area (Å²) in [4.78, 5) is 21.9. The average molecular weight is 201 g/mol. The van der Waals surface area contributed by atoms with Crippen LogP contribution in [0.25, 0.3) is 0 Å². The first-order valence-corrected chi connectivity index (χ1v) is 3.61. The van der Waals surface area contributed by atoms with Crippen molar-refractivity contribution in [2.75, 3.05) is 14.2 Å². The fourth-order valence-corrected chi connectivity index (χ4v) is 0.737. The number of hydrogen-bond acceptors (Lipinski definition) is 6. The zero-order valence-corrected chi connectivity index (χ0v) is 8.08. The molecule has 0 fully saturated rings. The van der Waals surface area contributed by atoms with Gasteiger partial charge in [-0.1, -0.05) is 0 Å². The van der Waals surface area contributed by atoms with Crippen molar-refractivity contribution in [2.45, 2.75) is 6.92 Å². The van der Waals surface area contributed by atoms with Gasteiger partial charge < -0.3 is 14.6 Å². The number of hydrogen-bond donors (Lipinski definition) is 2. The summed E-state index contributed by atoms with van der Waals surface area (Å²) in [6.07, 6.45) is 0. The first kappa shape index (κ1) is 12.2. The van der Waals surface area contributed by atoms with Crippen LogP contribution in [-0.2, 0) is 19.1 Å². The molecule has 0 aromatic carbocycles. The fraction of sp³-hybridized carbons (Fsp3) is 0.375. The lowest BCUT2D eigenvalue weighted by Gasteiger charge is -2.05. The van der Waals surface area contributed by atoms with Crippen LogP contribution in [0.4, 0.5) is 0 Å². The van der Waals surface area contributed by atoms with Crippen LogP contribution in [0.3, 0.4) is 0 Å². The van der Waals surface area contributed by atoms with Crippen LogP contribution in [0.5, 0.6) is 0 Å². The lowest BCUT2D eigenvalue weighted by atomic mass is 10.1. The number of allylic oxidation sites excluding steroid dienone is 1. The summed E-state index contributed by atoms with van der Waals surface area (Å²) in [5, 5.41) is 16.3. The highest BCUT2D eigenvalue weighted by molar-refractivity contribution is 6.47. The van der Waals surface area contributed by atoms with Gasteiger partial charge in [-0.15, -0.1) is 0 Å². The predicted molar refractivity (Wildman–Crippen MR) is 47.1 cm³/mol. The van der Waals surface area contributed by atoms with E-state index < -0.39 is 29.0 Å². The highest BCUT2D eigenvalue weighted by Crippen LogP contribution is 2.06. The van der Waals surface area contributed by atoms with Crippen molar-refractivity contribution in [2.24, 2.45) is 0 Å². The Hall–Kier alpha value is -1.85. The number of rotatable bonds is 3. The summed E-state index contributed by atoms with van der Waals surface area (Å²) >= 11 is 0. The highest BCUT2D eigenvalue weighted by Gasteiger charge is 2.25. The van der Waals surface area contributed by atoms with Gasteiger partial charge >= 0.3 is 11.9 Å². The van der Waals surface area contributed by atoms with Gasteiger partial charge in [0.1, 0.15) is 11.3 Å². The average Bonchev–Trinajstić information content (AvgIpc) is 2.15. The van der Waals surface area contributed by atoms with Gasteiger partial charge in [0.05, 0.1) is 14.2 Å². The lowest BCUT2D eigenvalue weighted by Crippen LogP contribution is -2.24. The summed E-state index contributed by atoms with van der Waals surface area (Å²) < 4.78 is 8.51. The molecule has 6 nitrogen and oxygen atoms in total. The van der Waals surface area contributed by atoms with E-state index in [-0.39, 0.29) is 0 Å². The number of nitrogens with one attached hydrogen (secondary N) is 1. The first-order valence-electron chi connectivity index (χ1n) is 3.61. The molecule has 0 unspecified atom stereocenters. The van der Waals surface area contributed by atoms with E-state index in [1.54, 1.807) is 0 Å². The molecule has 0 heterocycles. The number of carbonyl (C=O) groups is 2. The third kappa shape index (κ3) is 2.58. The third-order valence-electron chi connectivity index (χ3n) is 1.39. The summed E-state index contributed by atoms with van der Waals surface area (Å²) in [7, 11) is 2.15. The minimum Gasteiger partial charge on any atom is -0.512 e. The molecule has 0 aliphatic rings. The maximum Gasteiger partial charge on any atom is 0.356 e. The van der Waals surface area contributed by atoms with Crippen LogP contribution >= 0.6 is 0 Å². The summed E-state index contributed by atoms with van der Waals surface area (Å²) in [6, 6.07) is 0. The van der Waals surface area contributed by atoms with Crippen molar-refractivity contribution in [1.82, 2.24) is 0 Å². The van der Waals surface area contributed by atoms with Gasteiger partial charge in [0, 0.05) is 0 Å². The van der Waals surface area contributed by atoms with Gasteiger partial charge in [-0.25, -0.2) is 9.59 Å². The van der Waals surface area contributed by atoms with E-state index in [9.17, 15) is 9.59 Å². The minimum atomic E-state index is -1.01. The molecule has 0 amide bonds. The minimum absolute atomic E-state index is 0.466. The molecule has 0 radical (unpaired) electrons. The van der Waals surface area contributed by atoms with Crippen LogP contribution in [0.1, 0.15) is 6.92 Å². The zero-order valence-electron chi connectivity index (χ0n) is 8.08. The lowest BCUT2D eigenvalue weighted by molar-refractivity contribution is -0.137. The fourth-order valence-electron chi connectivity index (χ4n) is 0.737. The molecule has 0 aromatic heterocycles. The molecule has 0 rings (SSSR count). The quantitative estimate of drug-likeness (QED) is 0.294. The standard InChI is InChI=1S/C8H11NO5/c1-4(10)5(7(11)13-2)6(9)8(12)14-3/h9-10H,1-3H3/b5-4+,9-6?. The Kier molecular flexibility index (Phi) is 4.34. The molecule has 0 aliphatic heterocycles. The predicted octanol–water partition coefficient (Wildman–Crippen LogP) is 0.184. The molecule has 0 spiro atoms. The molecule has 6 heteroatoms. The highest BCUT2D eigenvalue weighted by atomic mass is 16.5. The molecule has 0 aromatic rings. The van der Waals surface area contributed by atoms with Crippen LogP contribution in [-0.4, -0.2) is 37.0 Å². The summed E-state index contributed by atoms with van der Waals surface area (Å²) in [5.41, 5.74) is -1.24. The van der Waals surface area contributed by atoms with Gasteiger partial charge in [-0.05, 0) is 6.92 Å². The molecule has 0 saturated heterocycles. The Labute approximate surface area is 80.6 Å². The van der Waals surface area contributed by atoms with E-state index in [4.69, 9.17) is 10.5 Å². The molecule has 0 atom stereocenters. The molecule has 0 bridgehead atoms. The van der Waals surface area contributed by atoms with Gasteiger partial charge in [-0.3, -0.25) is 5.41 Å². The maximum atomic E-state index is 11.0. The second-order valence-corrected chi connectivity index (χ2v) is 2.32. The Bertz CT molecular complexity index is 301. The zero-order chi connectivity index (χ0) is 11.3. The molecule has 2 N–H and O–H groups in total. The number of methoxy groups -OCH3 is 2. The SMILES string of the molecule is COC(=O)C(=N)/C(C(=O)OC)=C(/C)O. The van der Waals surface area contributed by atoms with E-state index in [1.165, 1.54) is 6.92 Å². The van der Waals surface area contributed by atoms with Gasteiger partial charge in [0.15, 0.2) is 5.71 Å². The van der Waals surface area contributed by atoms with E-state index in [0.29, 0.717) is 0 Å². The number of esters is 2. The molecule has 0 aliphatic carbocycles. The molecular formula is C8H11NO5. The van der Waals surface area contributed by atoms with E-state index in [1.807, 2.05) is 0 Å². The monoisotopic (exact) mass is 201 g/mol. The van der Waals surface area contributed by atoms with Crippen molar-refractivity contribution >= 4 is 17.7 Å². The first-order chi connectivity index (χ1) is 6.45. The normalized spacial score (nSPS) is 11.4. The topological polar surface area (TPSA) is 96.7 Å². The second-order valence-electron chi connectivity index (χ2n) is 2.32. The van der Waals surface area contributed by atoms with Crippen molar-refractivity contribution in [3.05, 3.63) is 11.3 Å². The number of aliphatic hydroxyl groups is 1. The molecular weight excluding hydrogens is 190 g/mol. The van der Waals surface area contributed by atoms with Crippen molar-refractivity contribution < 1.29 is 24.2 Å². The van der Waals surface area contributed by atoms with Crippen LogP contribution in [0, 0.1) is 5.41 Å². The van der Waals surface area contributed by atoms with Crippen molar-refractivity contribution in [1.29, 1.82) is 5.41 Å². The second kappa shape index (κ2) is 5.00. The Morgan fingerprint density at radius 2 is 1.57 bits per heavy atom. The van der Waals surface area contributed by atoms with Gasteiger partial charge in [0.25, 0.3) is 0 Å². The third-order valence-corrected chi connectivity index (χ3v) is 1.39. The number of ether oxygens (including phenoxy) is 2. The van der Waals surface area contributed by atoms with Crippen LogP contribution in [0.2, 0.25) is 0 Å². The van der Waals surface area contributed by atoms with E-state index in [0.717, 1.165) is 14.2 Å². The molecule has 14 heavy (non-hydrogen) atoms.